The molecule has 0 spiro atoms. The summed E-state index contributed by atoms with van der Waals surface area (Å²) in [5.74, 6) is 0. The molecule has 0 fully saturated rings. The number of nitrogens with zero attached hydrogens (tertiary/aromatic N) is 2. The Morgan fingerprint density at radius 3 is 2.76 bits per heavy atom. The molecule has 0 aliphatic carbocycles. The Balaban J connectivity index is 2.13. The average Bonchev–Trinajstić information content (AvgIpc) is 3.12. The number of hydrogen-bond donors (Lipinski definition) is 3. The molecule has 21 heavy (non-hydrogen) atoms. The van der Waals surface area contributed by atoms with Gasteiger partial charge in [0.1, 0.15) is 0 Å². The number of rotatable bonds is 8. The zero-order valence-corrected chi connectivity index (χ0v) is 13.1. The van der Waals surface area contributed by atoms with Crippen LogP contribution in [-0.2, 0) is 29.7 Å². The van der Waals surface area contributed by atoms with Crippen molar-refractivity contribution in [3.8, 4) is 0 Å². The molecule has 0 saturated heterocycles. The van der Waals surface area contributed by atoms with Crippen molar-refractivity contribution in [2.24, 2.45) is 0 Å². The summed E-state index contributed by atoms with van der Waals surface area (Å²) >= 11 is 0. The summed E-state index contributed by atoms with van der Waals surface area (Å²) in [5.41, 5.74) is 1.75. The Morgan fingerprint density at radius 1 is 1.33 bits per heavy atom. The summed E-state index contributed by atoms with van der Waals surface area (Å²) in [6, 6.07) is 1.71. The fourth-order valence-corrected chi connectivity index (χ4v) is 3.08. The summed E-state index contributed by atoms with van der Waals surface area (Å²) in [7, 11) is -3.51. The Labute approximate surface area is 124 Å². The van der Waals surface area contributed by atoms with Crippen LogP contribution in [0.4, 0.5) is 0 Å². The Kier molecular flexibility index (Phi) is 5.16. The first kappa shape index (κ1) is 15.7. The number of aryl methyl sites for hydroxylation is 1. The summed E-state index contributed by atoms with van der Waals surface area (Å²) in [5, 5.41) is 9.65. The number of H-pyrrole nitrogens is 1. The predicted molar refractivity (Wildman–Crippen MR) is 80.1 cm³/mol. The van der Waals surface area contributed by atoms with E-state index in [0.29, 0.717) is 11.4 Å². The lowest BCUT2D eigenvalue weighted by Gasteiger charge is -2.05. The monoisotopic (exact) mass is 311 g/mol. The number of sulfonamides is 1. The minimum Gasteiger partial charge on any atom is -0.349 e. The van der Waals surface area contributed by atoms with Gasteiger partial charge in [-0.25, -0.2) is 13.1 Å². The SMILES string of the molecule is CCNCc1cc(S(=O)(=O)NCc2cn[nH]c2)cn1CC. The zero-order valence-electron chi connectivity index (χ0n) is 12.3. The quantitative estimate of drug-likeness (QED) is 0.673. The normalized spacial score (nSPS) is 11.9. The molecule has 0 atom stereocenters. The van der Waals surface area contributed by atoms with Crippen molar-refractivity contribution in [2.75, 3.05) is 6.54 Å². The van der Waals surface area contributed by atoms with Crippen LogP contribution in [0.5, 0.6) is 0 Å². The van der Waals surface area contributed by atoms with E-state index >= 15 is 0 Å². The molecule has 0 amide bonds. The van der Waals surface area contributed by atoms with Gasteiger partial charge in [0, 0.05) is 43.3 Å². The van der Waals surface area contributed by atoms with Crippen LogP contribution in [-0.4, -0.2) is 29.7 Å². The second kappa shape index (κ2) is 6.88. The van der Waals surface area contributed by atoms with Gasteiger partial charge in [-0.1, -0.05) is 6.92 Å². The van der Waals surface area contributed by atoms with Crippen LogP contribution in [0.25, 0.3) is 0 Å². The molecule has 2 rings (SSSR count). The second-order valence-electron chi connectivity index (χ2n) is 4.66. The largest absolute Gasteiger partial charge is 0.349 e. The van der Waals surface area contributed by atoms with Crippen LogP contribution < -0.4 is 10.0 Å². The highest BCUT2D eigenvalue weighted by molar-refractivity contribution is 7.89. The molecule has 0 aliphatic rings. The summed E-state index contributed by atoms with van der Waals surface area (Å²) < 4.78 is 29.1. The van der Waals surface area contributed by atoms with Crippen LogP contribution in [0, 0.1) is 0 Å². The third kappa shape index (κ3) is 3.93. The lowest BCUT2D eigenvalue weighted by molar-refractivity contribution is 0.581. The molecule has 3 N–H and O–H groups in total. The molecule has 0 saturated carbocycles. The van der Waals surface area contributed by atoms with E-state index in [1.165, 1.54) is 0 Å². The Morgan fingerprint density at radius 2 is 2.14 bits per heavy atom. The van der Waals surface area contributed by atoms with Crippen molar-refractivity contribution in [1.82, 2.24) is 24.8 Å². The van der Waals surface area contributed by atoms with Gasteiger partial charge in [-0.2, -0.15) is 5.10 Å². The lowest BCUT2D eigenvalue weighted by Crippen LogP contribution is -2.22. The van der Waals surface area contributed by atoms with Crippen molar-refractivity contribution < 1.29 is 8.42 Å². The maximum absolute atomic E-state index is 12.3. The molecular formula is C13H21N5O2S. The van der Waals surface area contributed by atoms with Gasteiger partial charge in [-0.15, -0.1) is 0 Å². The van der Waals surface area contributed by atoms with Gasteiger partial charge in [0.2, 0.25) is 10.0 Å². The minimum absolute atomic E-state index is 0.221. The lowest BCUT2D eigenvalue weighted by atomic mass is 10.4. The van der Waals surface area contributed by atoms with Crippen LogP contribution in [0.15, 0.2) is 29.6 Å². The van der Waals surface area contributed by atoms with Gasteiger partial charge < -0.3 is 9.88 Å². The van der Waals surface area contributed by atoms with Gasteiger partial charge in [0.15, 0.2) is 0 Å². The van der Waals surface area contributed by atoms with E-state index in [-0.39, 0.29) is 6.54 Å². The number of aromatic amines is 1. The van der Waals surface area contributed by atoms with E-state index in [1.807, 2.05) is 18.4 Å². The topological polar surface area (TPSA) is 91.8 Å². The number of nitrogens with one attached hydrogen (secondary N) is 3. The van der Waals surface area contributed by atoms with Crippen LogP contribution in [0.1, 0.15) is 25.1 Å². The van der Waals surface area contributed by atoms with Gasteiger partial charge >= 0.3 is 0 Å². The number of aromatic nitrogens is 3. The molecule has 0 unspecified atom stereocenters. The predicted octanol–water partition coefficient (Wildman–Crippen LogP) is 0.819. The molecule has 116 valence electrons. The highest BCUT2D eigenvalue weighted by atomic mass is 32.2. The molecule has 0 radical (unpaired) electrons. The molecule has 2 heterocycles. The molecule has 8 heteroatoms. The van der Waals surface area contributed by atoms with Gasteiger partial charge in [0.05, 0.1) is 11.1 Å². The van der Waals surface area contributed by atoms with Crippen LogP contribution in [0.2, 0.25) is 0 Å². The highest BCUT2D eigenvalue weighted by Gasteiger charge is 2.17. The average molecular weight is 311 g/mol. The van der Waals surface area contributed by atoms with E-state index < -0.39 is 10.0 Å². The molecule has 2 aromatic rings. The third-order valence-corrected chi connectivity index (χ3v) is 4.56. The van der Waals surface area contributed by atoms with E-state index in [1.54, 1.807) is 24.7 Å². The van der Waals surface area contributed by atoms with E-state index in [2.05, 4.69) is 20.2 Å². The Bertz CT molecular complexity index is 661. The maximum atomic E-state index is 12.3. The molecule has 7 nitrogen and oxygen atoms in total. The van der Waals surface area contributed by atoms with Crippen molar-refractivity contribution in [1.29, 1.82) is 0 Å². The van der Waals surface area contributed by atoms with E-state index in [9.17, 15) is 8.42 Å². The smallest absolute Gasteiger partial charge is 0.242 e. The fourth-order valence-electron chi connectivity index (χ4n) is 2.00. The molecule has 0 aromatic carbocycles. The van der Waals surface area contributed by atoms with Crippen LogP contribution in [0.3, 0.4) is 0 Å². The fraction of sp³-hybridized carbons (Fsp3) is 0.462. The molecular weight excluding hydrogens is 290 g/mol. The maximum Gasteiger partial charge on any atom is 0.242 e. The summed E-state index contributed by atoms with van der Waals surface area (Å²) in [6.45, 7) is 6.46. The van der Waals surface area contributed by atoms with Crippen molar-refractivity contribution in [3.05, 3.63) is 35.9 Å². The minimum atomic E-state index is -3.51. The third-order valence-electron chi connectivity index (χ3n) is 3.19. The van der Waals surface area contributed by atoms with Crippen molar-refractivity contribution in [2.45, 2.75) is 38.4 Å². The summed E-state index contributed by atoms with van der Waals surface area (Å²) in [4.78, 5) is 0.292. The molecule has 2 aromatic heterocycles. The standard InChI is InChI=1S/C13H21N5O2S/c1-3-14-9-12-5-13(10-18(12)4-2)21(19,20)17-8-11-6-15-16-7-11/h5-7,10,14,17H,3-4,8-9H2,1-2H3,(H,15,16). The number of hydrogen-bond acceptors (Lipinski definition) is 4. The van der Waals surface area contributed by atoms with Crippen LogP contribution >= 0.6 is 0 Å². The molecule has 0 bridgehead atoms. The van der Waals surface area contributed by atoms with E-state index in [4.69, 9.17) is 0 Å². The van der Waals surface area contributed by atoms with Gasteiger partial charge in [-0.05, 0) is 19.5 Å². The first-order valence-corrected chi connectivity index (χ1v) is 8.42. The zero-order chi connectivity index (χ0) is 15.3. The summed E-state index contributed by atoms with van der Waals surface area (Å²) in [6.07, 6.45) is 4.93. The van der Waals surface area contributed by atoms with Crippen molar-refractivity contribution in [3.63, 3.8) is 0 Å². The van der Waals surface area contributed by atoms with E-state index in [0.717, 1.165) is 24.3 Å². The van der Waals surface area contributed by atoms with Gasteiger partial charge in [-0.3, -0.25) is 5.10 Å². The Hall–Kier alpha value is -1.64. The highest BCUT2D eigenvalue weighted by Crippen LogP contribution is 2.15. The first-order valence-electron chi connectivity index (χ1n) is 6.94. The second-order valence-corrected chi connectivity index (χ2v) is 6.43. The molecule has 0 aliphatic heterocycles. The van der Waals surface area contributed by atoms with Crippen molar-refractivity contribution >= 4 is 10.0 Å². The van der Waals surface area contributed by atoms with Gasteiger partial charge in [0.25, 0.3) is 0 Å². The first-order chi connectivity index (χ1) is 10.1.